The number of guanidine groups is 1. The van der Waals surface area contributed by atoms with Crippen LogP contribution in [0.15, 0.2) is 28.1 Å². The fourth-order valence-corrected chi connectivity index (χ4v) is 2.63. The third kappa shape index (κ3) is 5.33. The molecule has 6 heteroatoms. The van der Waals surface area contributed by atoms with Crippen molar-refractivity contribution in [3.05, 3.63) is 34.2 Å². The summed E-state index contributed by atoms with van der Waals surface area (Å²) in [5, 5.41) is 3.26. The Labute approximate surface area is 143 Å². The van der Waals surface area contributed by atoms with E-state index >= 15 is 0 Å². The van der Waals surface area contributed by atoms with Crippen molar-refractivity contribution < 1.29 is 0 Å². The van der Waals surface area contributed by atoms with Crippen molar-refractivity contribution >= 4 is 29.9 Å². The molecule has 5 nitrogen and oxygen atoms in total. The highest BCUT2D eigenvalue weighted by Crippen LogP contribution is 2.16. The van der Waals surface area contributed by atoms with Crippen LogP contribution in [0.5, 0.6) is 0 Å². The smallest absolute Gasteiger partial charge is 0.255 e. The zero-order chi connectivity index (χ0) is 14.4. The number of pyridine rings is 1. The van der Waals surface area contributed by atoms with E-state index < -0.39 is 0 Å². The van der Waals surface area contributed by atoms with Gasteiger partial charge < -0.3 is 15.6 Å². The van der Waals surface area contributed by atoms with Crippen LogP contribution < -0.4 is 16.6 Å². The molecule has 0 saturated heterocycles. The first-order valence-electron chi connectivity index (χ1n) is 7.45. The Morgan fingerprint density at radius 2 is 2.14 bits per heavy atom. The highest BCUT2D eigenvalue weighted by molar-refractivity contribution is 14.0. The fraction of sp³-hybridized carbons (Fsp3) is 0.600. The first kappa shape index (κ1) is 18.0. The minimum absolute atomic E-state index is 0. The summed E-state index contributed by atoms with van der Waals surface area (Å²) in [6, 6.07) is 4.13. The van der Waals surface area contributed by atoms with Crippen LogP contribution in [0.1, 0.15) is 44.6 Å². The van der Waals surface area contributed by atoms with E-state index in [1.165, 1.54) is 19.3 Å². The zero-order valence-corrected chi connectivity index (χ0v) is 14.9. The molecule has 21 heavy (non-hydrogen) atoms. The minimum atomic E-state index is 0. The number of rotatable bonds is 4. The molecule has 1 aromatic rings. The molecule has 0 aliphatic heterocycles. The molecule has 1 aliphatic rings. The van der Waals surface area contributed by atoms with Crippen molar-refractivity contribution in [2.45, 2.75) is 58.2 Å². The van der Waals surface area contributed by atoms with Gasteiger partial charge in [0.25, 0.3) is 5.56 Å². The van der Waals surface area contributed by atoms with Crippen LogP contribution in [0.25, 0.3) is 0 Å². The van der Waals surface area contributed by atoms with Crippen LogP contribution in [0.3, 0.4) is 0 Å². The number of hydrogen-bond acceptors (Lipinski definition) is 2. The van der Waals surface area contributed by atoms with Gasteiger partial charge in [-0.15, -0.1) is 24.0 Å². The number of aryl methyl sites for hydroxylation is 1. The Bertz CT molecular complexity index is 521. The van der Waals surface area contributed by atoms with Gasteiger partial charge in [-0.25, -0.2) is 4.99 Å². The highest BCUT2D eigenvalue weighted by Gasteiger charge is 2.13. The minimum Gasteiger partial charge on any atom is -0.370 e. The maximum atomic E-state index is 12.0. The Kier molecular flexibility index (Phi) is 7.77. The molecule has 0 radical (unpaired) electrons. The summed E-state index contributed by atoms with van der Waals surface area (Å²) in [6.07, 6.45) is 7.93. The van der Waals surface area contributed by atoms with Gasteiger partial charge in [-0.1, -0.05) is 25.3 Å². The fourth-order valence-electron chi connectivity index (χ4n) is 2.63. The lowest BCUT2D eigenvalue weighted by molar-refractivity contribution is 0.412. The molecule has 118 valence electrons. The van der Waals surface area contributed by atoms with E-state index in [1.54, 1.807) is 10.8 Å². The molecule has 1 aliphatic carbocycles. The van der Waals surface area contributed by atoms with Crippen LogP contribution >= 0.6 is 24.0 Å². The van der Waals surface area contributed by atoms with Crippen molar-refractivity contribution in [3.63, 3.8) is 0 Å². The van der Waals surface area contributed by atoms with Crippen molar-refractivity contribution in [2.75, 3.05) is 0 Å². The Hall–Kier alpha value is -1.05. The van der Waals surface area contributed by atoms with Gasteiger partial charge in [0.15, 0.2) is 5.96 Å². The number of halogens is 1. The average Bonchev–Trinajstić information content (AvgIpc) is 2.47. The first-order valence-corrected chi connectivity index (χ1v) is 7.45. The van der Waals surface area contributed by atoms with Gasteiger partial charge in [0.1, 0.15) is 0 Å². The molecule has 2 rings (SSSR count). The van der Waals surface area contributed by atoms with Crippen LogP contribution in [-0.2, 0) is 13.1 Å². The van der Waals surface area contributed by atoms with Gasteiger partial charge >= 0.3 is 0 Å². The summed E-state index contributed by atoms with van der Waals surface area (Å²) in [5.74, 6) is 0.447. The largest absolute Gasteiger partial charge is 0.370 e. The van der Waals surface area contributed by atoms with Gasteiger partial charge in [-0.2, -0.15) is 0 Å². The number of nitrogens with one attached hydrogen (secondary N) is 1. The molecular formula is C15H25IN4O. The average molecular weight is 404 g/mol. The molecular weight excluding hydrogens is 379 g/mol. The summed E-state index contributed by atoms with van der Waals surface area (Å²) in [7, 11) is 0. The van der Waals surface area contributed by atoms with Crippen LogP contribution in [-0.4, -0.2) is 16.6 Å². The van der Waals surface area contributed by atoms with Crippen molar-refractivity contribution in [3.8, 4) is 0 Å². The highest BCUT2D eigenvalue weighted by atomic mass is 127. The monoisotopic (exact) mass is 404 g/mol. The van der Waals surface area contributed by atoms with Crippen molar-refractivity contribution in [2.24, 2.45) is 10.7 Å². The molecule has 0 bridgehead atoms. The summed E-state index contributed by atoms with van der Waals surface area (Å²) in [4.78, 5) is 16.3. The quantitative estimate of drug-likeness (QED) is 0.459. The second kappa shape index (κ2) is 9.07. The molecule has 1 aromatic heterocycles. The zero-order valence-electron chi connectivity index (χ0n) is 12.5. The molecule has 3 N–H and O–H groups in total. The van der Waals surface area contributed by atoms with E-state index in [0.29, 0.717) is 30.7 Å². The summed E-state index contributed by atoms with van der Waals surface area (Å²) in [6.45, 7) is 2.96. The maximum Gasteiger partial charge on any atom is 0.255 e. The molecule has 0 amide bonds. The molecule has 0 spiro atoms. The number of aromatic nitrogens is 1. The van der Waals surface area contributed by atoms with Gasteiger partial charge in [0, 0.05) is 24.3 Å². The lowest BCUT2D eigenvalue weighted by atomic mass is 9.96. The lowest BCUT2D eigenvalue weighted by Crippen LogP contribution is -2.41. The Balaban J connectivity index is 0.00000220. The predicted molar refractivity (Wildman–Crippen MR) is 97.1 cm³/mol. The van der Waals surface area contributed by atoms with E-state index in [-0.39, 0.29) is 29.5 Å². The molecule has 0 atom stereocenters. The van der Waals surface area contributed by atoms with Crippen LogP contribution in [0.4, 0.5) is 0 Å². The second-order valence-corrected chi connectivity index (χ2v) is 5.31. The Morgan fingerprint density at radius 3 is 2.81 bits per heavy atom. The van der Waals surface area contributed by atoms with Crippen molar-refractivity contribution in [1.29, 1.82) is 0 Å². The van der Waals surface area contributed by atoms with Crippen LogP contribution in [0, 0.1) is 0 Å². The summed E-state index contributed by atoms with van der Waals surface area (Å²) >= 11 is 0. The van der Waals surface area contributed by atoms with E-state index in [0.717, 1.165) is 12.8 Å². The summed E-state index contributed by atoms with van der Waals surface area (Å²) in [5.41, 5.74) is 6.60. The first-order chi connectivity index (χ1) is 9.70. The van der Waals surface area contributed by atoms with Gasteiger partial charge in [-0.3, -0.25) is 4.79 Å². The van der Waals surface area contributed by atoms with Gasteiger partial charge in [-0.05, 0) is 25.8 Å². The standard InChI is InChI=1S/C15H24N4O.HI/c1-2-19-10-6-7-12(14(19)20)11-17-15(16)18-13-8-4-3-5-9-13;/h6-7,10,13H,2-5,8-9,11H2,1H3,(H3,16,17,18);1H. The van der Waals surface area contributed by atoms with E-state index in [4.69, 9.17) is 5.73 Å². The van der Waals surface area contributed by atoms with Crippen molar-refractivity contribution in [1.82, 2.24) is 9.88 Å². The maximum absolute atomic E-state index is 12.0. The molecule has 1 fully saturated rings. The molecule has 0 aromatic carbocycles. The Morgan fingerprint density at radius 1 is 1.43 bits per heavy atom. The molecule has 1 saturated carbocycles. The van der Waals surface area contributed by atoms with E-state index in [2.05, 4.69) is 10.3 Å². The molecule has 0 unspecified atom stereocenters. The third-order valence-electron chi connectivity index (χ3n) is 3.82. The van der Waals surface area contributed by atoms with Gasteiger partial charge in [0.05, 0.1) is 6.54 Å². The topological polar surface area (TPSA) is 72.4 Å². The summed E-state index contributed by atoms with van der Waals surface area (Å²) < 4.78 is 1.68. The van der Waals surface area contributed by atoms with Gasteiger partial charge in [0.2, 0.25) is 0 Å². The number of aliphatic imine (C=N–C) groups is 1. The third-order valence-corrected chi connectivity index (χ3v) is 3.82. The normalized spacial score (nSPS) is 16.3. The number of nitrogens with zero attached hydrogens (tertiary/aromatic N) is 2. The predicted octanol–water partition coefficient (Wildman–Crippen LogP) is 2.22. The second-order valence-electron chi connectivity index (χ2n) is 5.31. The van der Waals surface area contributed by atoms with Crippen LogP contribution in [0.2, 0.25) is 0 Å². The number of hydrogen-bond donors (Lipinski definition) is 2. The van der Waals surface area contributed by atoms with E-state index in [1.807, 2.05) is 19.1 Å². The number of nitrogens with two attached hydrogens (primary N) is 1. The molecule has 1 heterocycles. The van der Waals surface area contributed by atoms with E-state index in [9.17, 15) is 4.79 Å². The SMILES string of the molecule is CCn1cccc(CN=C(N)NC2CCCCC2)c1=O.I. The lowest BCUT2D eigenvalue weighted by Gasteiger charge is -2.23.